The first-order chi connectivity index (χ1) is 9.42. The molecule has 1 aromatic carbocycles. The molecule has 3 N–H and O–H groups in total. The summed E-state index contributed by atoms with van der Waals surface area (Å²) in [5, 5.41) is 2.90. The van der Waals surface area contributed by atoms with E-state index >= 15 is 0 Å². The third-order valence-electron chi connectivity index (χ3n) is 3.34. The molecule has 4 heteroatoms. The van der Waals surface area contributed by atoms with E-state index < -0.39 is 0 Å². The Morgan fingerprint density at radius 1 is 1.35 bits per heavy atom. The van der Waals surface area contributed by atoms with Crippen LogP contribution >= 0.6 is 0 Å². The number of benzene rings is 1. The molecule has 20 heavy (non-hydrogen) atoms. The van der Waals surface area contributed by atoms with Gasteiger partial charge in [0.05, 0.1) is 6.04 Å². The second-order valence-electron chi connectivity index (χ2n) is 5.78. The molecule has 1 aromatic rings. The Morgan fingerprint density at radius 3 is 2.60 bits per heavy atom. The summed E-state index contributed by atoms with van der Waals surface area (Å²) in [6.45, 7) is 6.61. The van der Waals surface area contributed by atoms with Crippen LogP contribution in [-0.4, -0.2) is 12.5 Å². The molecule has 0 bridgehead atoms. The molecule has 112 valence electrons. The zero-order valence-corrected chi connectivity index (χ0v) is 12.5. The van der Waals surface area contributed by atoms with Crippen molar-refractivity contribution in [1.29, 1.82) is 0 Å². The van der Waals surface area contributed by atoms with Gasteiger partial charge in [-0.25, -0.2) is 4.39 Å². The van der Waals surface area contributed by atoms with Crippen LogP contribution in [0, 0.1) is 17.7 Å². The van der Waals surface area contributed by atoms with Crippen molar-refractivity contribution < 1.29 is 9.18 Å². The molecule has 0 saturated heterocycles. The van der Waals surface area contributed by atoms with E-state index in [-0.39, 0.29) is 23.7 Å². The molecular formula is C16H25FN2O. The fourth-order valence-electron chi connectivity index (χ4n) is 2.35. The number of hydrogen-bond acceptors (Lipinski definition) is 2. The Balaban J connectivity index is 2.53. The minimum atomic E-state index is -0.289. The molecule has 1 unspecified atom stereocenters. The highest BCUT2D eigenvalue weighted by molar-refractivity contribution is 5.76. The number of amides is 1. The largest absolute Gasteiger partial charge is 0.350 e. The quantitative estimate of drug-likeness (QED) is 0.806. The molecule has 2 atom stereocenters. The maximum atomic E-state index is 13.1. The van der Waals surface area contributed by atoms with Crippen LogP contribution in [0.15, 0.2) is 24.3 Å². The summed E-state index contributed by atoms with van der Waals surface area (Å²) in [7, 11) is 0. The highest BCUT2D eigenvalue weighted by atomic mass is 19.1. The number of nitrogens with one attached hydrogen (secondary N) is 1. The lowest BCUT2D eigenvalue weighted by molar-refractivity contribution is -0.122. The number of carbonyl (C=O) groups excluding carboxylic acids is 1. The third kappa shape index (κ3) is 5.70. The van der Waals surface area contributed by atoms with Gasteiger partial charge in [0.15, 0.2) is 0 Å². The van der Waals surface area contributed by atoms with E-state index in [4.69, 9.17) is 5.73 Å². The summed E-state index contributed by atoms with van der Waals surface area (Å²) in [5.74, 6) is 0.410. The second kappa shape index (κ2) is 8.00. The Kier molecular flexibility index (Phi) is 6.65. The van der Waals surface area contributed by atoms with Crippen LogP contribution in [0.3, 0.4) is 0 Å². The molecule has 1 amide bonds. The van der Waals surface area contributed by atoms with E-state index in [9.17, 15) is 9.18 Å². The molecule has 0 saturated carbocycles. The van der Waals surface area contributed by atoms with Crippen molar-refractivity contribution in [3.8, 4) is 0 Å². The summed E-state index contributed by atoms with van der Waals surface area (Å²) < 4.78 is 13.1. The van der Waals surface area contributed by atoms with Gasteiger partial charge >= 0.3 is 0 Å². The minimum absolute atomic E-state index is 0.0298. The van der Waals surface area contributed by atoms with Crippen LogP contribution in [0.4, 0.5) is 4.39 Å². The Bertz CT molecular complexity index is 434. The van der Waals surface area contributed by atoms with Crippen molar-refractivity contribution in [2.45, 2.75) is 39.7 Å². The second-order valence-corrected chi connectivity index (χ2v) is 5.78. The van der Waals surface area contributed by atoms with Gasteiger partial charge in [0.25, 0.3) is 0 Å². The van der Waals surface area contributed by atoms with Crippen molar-refractivity contribution >= 4 is 5.91 Å². The van der Waals surface area contributed by atoms with Crippen molar-refractivity contribution in [2.24, 2.45) is 17.6 Å². The van der Waals surface area contributed by atoms with Crippen LogP contribution in [0.5, 0.6) is 0 Å². The molecule has 0 aliphatic carbocycles. The molecule has 0 radical (unpaired) electrons. The maximum absolute atomic E-state index is 13.1. The molecule has 0 aliphatic rings. The Labute approximate surface area is 120 Å². The van der Waals surface area contributed by atoms with Crippen molar-refractivity contribution in [3.63, 3.8) is 0 Å². The molecular weight excluding hydrogens is 255 g/mol. The Hall–Kier alpha value is -1.42. The van der Waals surface area contributed by atoms with Gasteiger partial charge in [-0.2, -0.15) is 0 Å². The third-order valence-corrected chi connectivity index (χ3v) is 3.34. The molecule has 0 aliphatic heterocycles. The fraction of sp³-hybridized carbons (Fsp3) is 0.562. The van der Waals surface area contributed by atoms with Gasteiger partial charge in [-0.15, -0.1) is 0 Å². The number of hydrogen-bond donors (Lipinski definition) is 2. The first kappa shape index (κ1) is 16.6. The molecule has 3 nitrogen and oxygen atoms in total. The average Bonchev–Trinajstić information content (AvgIpc) is 2.37. The fourth-order valence-corrected chi connectivity index (χ4v) is 2.35. The predicted molar refractivity (Wildman–Crippen MR) is 79.6 cm³/mol. The smallest absolute Gasteiger partial charge is 0.220 e. The highest BCUT2D eigenvalue weighted by Crippen LogP contribution is 2.17. The molecule has 0 fully saturated rings. The van der Waals surface area contributed by atoms with Crippen LogP contribution in [0.1, 0.15) is 45.2 Å². The summed E-state index contributed by atoms with van der Waals surface area (Å²) in [6.07, 6.45) is 1.37. The normalized spacial score (nSPS) is 14.1. The zero-order valence-electron chi connectivity index (χ0n) is 12.5. The van der Waals surface area contributed by atoms with Gasteiger partial charge in [0.2, 0.25) is 5.91 Å². The topological polar surface area (TPSA) is 55.1 Å². The maximum Gasteiger partial charge on any atom is 0.220 e. The van der Waals surface area contributed by atoms with E-state index in [1.165, 1.54) is 12.1 Å². The van der Waals surface area contributed by atoms with Crippen molar-refractivity contribution in [1.82, 2.24) is 5.32 Å². The van der Waals surface area contributed by atoms with E-state index in [0.717, 1.165) is 12.0 Å². The highest BCUT2D eigenvalue weighted by Gasteiger charge is 2.16. The van der Waals surface area contributed by atoms with Crippen molar-refractivity contribution in [2.75, 3.05) is 6.54 Å². The summed E-state index contributed by atoms with van der Waals surface area (Å²) in [6, 6.07) is 6.10. The van der Waals surface area contributed by atoms with Gasteiger partial charge in [0.1, 0.15) is 5.82 Å². The lowest BCUT2D eigenvalue weighted by Gasteiger charge is -2.19. The number of carbonyl (C=O) groups is 1. The molecule has 0 aromatic heterocycles. The van der Waals surface area contributed by atoms with Gasteiger partial charge < -0.3 is 11.1 Å². The van der Waals surface area contributed by atoms with Gasteiger partial charge in [-0.1, -0.05) is 26.0 Å². The van der Waals surface area contributed by atoms with Crippen LogP contribution in [0.2, 0.25) is 0 Å². The lowest BCUT2D eigenvalue weighted by atomic mass is 9.94. The van der Waals surface area contributed by atoms with Gasteiger partial charge in [-0.3, -0.25) is 4.79 Å². The van der Waals surface area contributed by atoms with Gasteiger partial charge in [-0.05, 0) is 49.4 Å². The summed E-state index contributed by atoms with van der Waals surface area (Å²) in [5.41, 5.74) is 6.47. The standard InChI is InChI=1S/C16H25FN2O/c1-11(2)7-13(10-18)8-16(20)19-12(3)14-5-4-6-15(17)9-14/h4-6,9,11-13H,7-8,10,18H2,1-3H3,(H,19,20)/t12?,13-/m0/s1. The van der Waals surface area contributed by atoms with E-state index in [0.29, 0.717) is 18.9 Å². The number of halogens is 1. The SMILES string of the molecule is CC(C)C[C@H](CN)CC(=O)NC(C)c1cccc(F)c1. The first-order valence-electron chi connectivity index (χ1n) is 7.17. The summed E-state index contributed by atoms with van der Waals surface area (Å²) in [4.78, 5) is 12.0. The van der Waals surface area contributed by atoms with E-state index in [1.807, 2.05) is 13.0 Å². The predicted octanol–water partition coefficient (Wildman–Crippen LogP) is 3.01. The Morgan fingerprint density at radius 2 is 2.05 bits per heavy atom. The van der Waals surface area contributed by atoms with Crippen LogP contribution < -0.4 is 11.1 Å². The zero-order chi connectivity index (χ0) is 15.1. The van der Waals surface area contributed by atoms with Crippen LogP contribution in [0.25, 0.3) is 0 Å². The molecule has 0 heterocycles. The minimum Gasteiger partial charge on any atom is -0.350 e. The van der Waals surface area contributed by atoms with Crippen LogP contribution in [-0.2, 0) is 4.79 Å². The average molecular weight is 280 g/mol. The number of nitrogens with two attached hydrogens (primary N) is 1. The van der Waals surface area contributed by atoms with E-state index in [1.54, 1.807) is 6.07 Å². The summed E-state index contributed by atoms with van der Waals surface area (Å²) >= 11 is 0. The molecule has 0 spiro atoms. The monoisotopic (exact) mass is 280 g/mol. The van der Waals surface area contributed by atoms with Gasteiger partial charge in [0, 0.05) is 6.42 Å². The first-order valence-corrected chi connectivity index (χ1v) is 7.17. The van der Waals surface area contributed by atoms with E-state index in [2.05, 4.69) is 19.2 Å². The number of rotatable bonds is 7. The van der Waals surface area contributed by atoms with Crippen molar-refractivity contribution in [3.05, 3.63) is 35.6 Å². The molecule has 1 rings (SSSR count). The lowest BCUT2D eigenvalue weighted by Crippen LogP contribution is -2.30.